The molecule has 1 unspecified atom stereocenters. The highest BCUT2D eigenvalue weighted by molar-refractivity contribution is 5.79. The van der Waals surface area contributed by atoms with E-state index < -0.39 is 17.9 Å². The van der Waals surface area contributed by atoms with Crippen LogP contribution < -0.4 is 0 Å². The van der Waals surface area contributed by atoms with Gasteiger partial charge in [0, 0.05) is 0 Å². The summed E-state index contributed by atoms with van der Waals surface area (Å²) < 4.78 is 5.00. The summed E-state index contributed by atoms with van der Waals surface area (Å²) in [5.41, 5.74) is 0. The number of rotatable bonds is 21. The molecule has 0 saturated carbocycles. The molecule has 0 aromatic carbocycles. The molecule has 0 aliphatic rings. The number of hydrogen-bond acceptors (Lipinski definition) is 3. The Morgan fingerprint density at radius 2 is 1.38 bits per heavy atom. The van der Waals surface area contributed by atoms with Crippen molar-refractivity contribution in [2.24, 2.45) is 5.92 Å². The van der Waals surface area contributed by atoms with Crippen molar-refractivity contribution in [2.45, 2.75) is 110 Å². The average Bonchev–Trinajstić information content (AvgIpc) is 2.70. The fourth-order valence-electron chi connectivity index (χ4n) is 3.41. The van der Waals surface area contributed by atoms with Crippen molar-refractivity contribution in [3.05, 3.63) is 24.8 Å². The lowest BCUT2D eigenvalue weighted by Crippen LogP contribution is -2.21. The molecule has 168 valence electrons. The molecule has 0 heterocycles. The molecular formula is C25H44O4. The number of allylic oxidation sites excluding steroid dienone is 2. The maximum absolute atomic E-state index is 11.9. The van der Waals surface area contributed by atoms with Gasteiger partial charge in [-0.1, -0.05) is 95.9 Å². The summed E-state index contributed by atoms with van der Waals surface area (Å²) in [6.07, 6.45) is 23.9. The summed E-state index contributed by atoms with van der Waals surface area (Å²) >= 11 is 0. The molecule has 4 heteroatoms. The van der Waals surface area contributed by atoms with Crippen molar-refractivity contribution in [1.82, 2.24) is 0 Å². The minimum atomic E-state index is -0.952. The number of ether oxygens (including phenoxy) is 1. The number of unbranched alkanes of at least 4 members (excludes halogenated alkanes) is 12. The minimum absolute atomic E-state index is 0.139. The maximum atomic E-state index is 11.9. The number of hydrogen-bond donors (Lipinski definition) is 1. The van der Waals surface area contributed by atoms with Crippen LogP contribution in [-0.4, -0.2) is 23.7 Å². The zero-order chi connectivity index (χ0) is 21.6. The predicted octanol–water partition coefficient (Wildman–Crippen LogP) is 7.23. The van der Waals surface area contributed by atoms with E-state index in [-0.39, 0.29) is 13.0 Å². The first kappa shape index (κ1) is 27.4. The van der Waals surface area contributed by atoms with Gasteiger partial charge in [-0.15, -0.1) is 0 Å². The van der Waals surface area contributed by atoms with E-state index in [2.05, 4.69) is 25.7 Å². The normalized spacial score (nSPS) is 12.2. The lowest BCUT2D eigenvalue weighted by atomic mass is 9.97. The molecule has 0 aromatic rings. The molecule has 0 aliphatic carbocycles. The highest BCUT2D eigenvalue weighted by Gasteiger charge is 2.22. The van der Waals surface area contributed by atoms with Gasteiger partial charge >= 0.3 is 11.9 Å². The molecular weight excluding hydrogens is 364 g/mol. The van der Waals surface area contributed by atoms with Gasteiger partial charge < -0.3 is 9.84 Å². The highest BCUT2D eigenvalue weighted by Crippen LogP contribution is 2.17. The molecule has 29 heavy (non-hydrogen) atoms. The zero-order valence-corrected chi connectivity index (χ0v) is 18.7. The summed E-state index contributed by atoms with van der Waals surface area (Å²) in [5, 5.41) is 8.96. The van der Waals surface area contributed by atoms with Gasteiger partial charge in [0.2, 0.25) is 0 Å². The molecule has 0 saturated heterocycles. The molecule has 0 spiro atoms. The maximum Gasteiger partial charge on any atom is 0.309 e. The topological polar surface area (TPSA) is 63.6 Å². The van der Waals surface area contributed by atoms with E-state index >= 15 is 0 Å². The standard InChI is InChI=1S/C25H44O4/c1-3-5-6-7-8-9-10-11-12-13-14-15-16-17-18-19-20-23(22-24(26)27)25(28)29-21-4-2/h4,13-14,23H,2-3,5-12,15-22H2,1H3,(H,26,27)/b14-13+. The van der Waals surface area contributed by atoms with Gasteiger partial charge in [0.25, 0.3) is 0 Å². The minimum Gasteiger partial charge on any atom is -0.481 e. The third-order valence-corrected chi connectivity index (χ3v) is 5.16. The Kier molecular flexibility index (Phi) is 20.0. The van der Waals surface area contributed by atoms with Crippen LogP contribution in [-0.2, 0) is 14.3 Å². The van der Waals surface area contributed by atoms with E-state index in [4.69, 9.17) is 9.84 Å². The molecule has 0 aliphatic heterocycles. The average molecular weight is 409 g/mol. The van der Waals surface area contributed by atoms with Gasteiger partial charge in [-0.05, 0) is 32.1 Å². The number of carbonyl (C=O) groups is 2. The Morgan fingerprint density at radius 3 is 1.90 bits per heavy atom. The van der Waals surface area contributed by atoms with Crippen LogP contribution in [0, 0.1) is 5.92 Å². The van der Waals surface area contributed by atoms with E-state index in [0.29, 0.717) is 6.42 Å². The van der Waals surface area contributed by atoms with Gasteiger partial charge in [0.1, 0.15) is 6.61 Å². The molecule has 0 amide bonds. The molecule has 1 N–H and O–H groups in total. The lowest BCUT2D eigenvalue weighted by molar-refractivity contribution is -0.152. The second-order valence-electron chi connectivity index (χ2n) is 7.94. The molecule has 0 radical (unpaired) electrons. The summed E-state index contributed by atoms with van der Waals surface area (Å²) in [6.45, 7) is 5.90. The smallest absolute Gasteiger partial charge is 0.309 e. The predicted molar refractivity (Wildman–Crippen MR) is 121 cm³/mol. The third kappa shape index (κ3) is 19.5. The van der Waals surface area contributed by atoms with Gasteiger partial charge in [0.15, 0.2) is 0 Å². The summed E-state index contributed by atoms with van der Waals surface area (Å²) in [6, 6.07) is 0. The van der Waals surface area contributed by atoms with Crippen molar-refractivity contribution in [3.63, 3.8) is 0 Å². The van der Waals surface area contributed by atoms with Crippen LogP contribution in [0.5, 0.6) is 0 Å². The molecule has 0 aromatic heterocycles. The summed E-state index contributed by atoms with van der Waals surface area (Å²) in [5.74, 6) is -1.91. The Bertz CT molecular complexity index is 442. The van der Waals surface area contributed by atoms with Crippen LogP contribution in [0.4, 0.5) is 0 Å². The lowest BCUT2D eigenvalue weighted by Gasteiger charge is -2.13. The van der Waals surface area contributed by atoms with Crippen LogP contribution in [0.3, 0.4) is 0 Å². The molecule has 4 nitrogen and oxygen atoms in total. The molecule has 0 bridgehead atoms. The second-order valence-corrected chi connectivity index (χ2v) is 7.94. The number of esters is 1. The van der Waals surface area contributed by atoms with E-state index in [1.807, 2.05) is 0 Å². The number of aliphatic carboxylic acids is 1. The second kappa shape index (κ2) is 21.1. The largest absolute Gasteiger partial charge is 0.481 e. The van der Waals surface area contributed by atoms with Crippen molar-refractivity contribution in [3.8, 4) is 0 Å². The van der Waals surface area contributed by atoms with E-state index in [1.54, 1.807) is 0 Å². The number of carboxylic acid groups (broad SMARTS) is 1. The Morgan fingerprint density at radius 1 is 0.862 bits per heavy atom. The van der Waals surface area contributed by atoms with Crippen molar-refractivity contribution in [1.29, 1.82) is 0 Å². The van der Waals surface area contributed by atoms with Gasteiger partial charge in [-0.2, -0.15) is 0 Å². The van der Waals surface area contributed by atoms with Crippen LogP contribution in [0.15, 0.2) is 24.8 Å². The van der Waals surface area contributed by atoms with Crippen molar-refractivity contribution in [2.75, 3.05) is 6.61 Å². The fourth-order valence-corrected chi connectivity index (χ4v) is 3.41. The Labute approximate surface area is 178 Å². The van der Waals surface area contributed by atoms with Gasteiger partial charge in [-0.3, -0.25) is 9.59 Å². The molecule has 0 fully saturated rings. The first-order chi connectivity index (χ1) is 14.1. The van der Waals surface area contributed by atoms with Crippen LogP contribution in [0.1, 0.15) is 110 Å². The summed E-state index contributed by atoms with van der Waals surface area (Å²) in [4.78, 5) is 22.8. The SMILES string of the molecule is C=CCOC(=O)C(CCCCCC/C=C/CCCCCCCCCC)CC(=O)O. The first-order valence-corrected chi connectivity index (χ1v) is 11.8. The van der Waals surface area contributed by atoms with E-state index in [1.165, 1.54) is 63.9 Å². The monoisotopic (exact) mass is 408 g/mol. The summed E-state index contributed by atoms with van der Waals surface area (Å²) in [7, 11) is 0. The number of carboxylic acids is 1. The van der Waals surface area contributed by atoms with E-state index in [0.717, 1.165) is 32.1 Å². The van der Waals surface area contributed by atoms with E-state index in [9.17, 15) is 9.59 Å². The highest BCUT2D eigenvalue weighted by atomic mass is 16.5. The van der Waals surface area contributed by atoms with Crippen LogP contribution in [0.25, 0.3) is 0 Å². The fraction of sp³-hybridized carbons (Fsp3) is 0.760. The molecule has 0 rings (SSSR count). The first-order valence-electron chi connectivity index (χ1n) is 11.8. The Hall–Kier alpha value is -1.58. The van der Waals surface area contributed by atoms with Crippen molar-refractivity contribution >= 4 is 11.9 Å². The number of carbonyl (C=O) groups excluding carboxylic acids is 1. The van der Waals surface area contributed by atoms with Crippen LogP contribution in [0.2, 0.25) is 0 Å². The third-order valence-electron chi connectivity index (χ3n) is 5.16. The van der Waals surface area contributed by atoms with Gasteiger partial charge in [-0.25, -0.2) is 0 Å². The Balaban J connectivity index is 3.59. The zero-order valence-electron chi connectivity index (χ0n) is 18.7. The molecule has 1 atom stereocenters. The quantitative estimate of drug-likeness (QED) is 0.124. The van der Waals surface area contributed by atoms with Crippen LogP contribution >= 0.6 is 0 Å². The van der Waals surface area contributed by atoms with Gasteiger partial charge in [0.05, 0.1) is 12.3 Å². The van der Waals surface area contributed by atoms with Crippen molar-refractivity contribution < 1.29 is 19.4 Å².